The van der Waals surface area contributed by atoms with E-state index in [4.69, 9.17) is 16.3 Å². The fourth-order valence-corrected chi connectivity index (χ4v) is 4.07. The summed E-state index contributed by atoms with van der Waals surface area (Å²) in [6.07, 6.45) is 7.18. The van der Waals surface area contributed by atoms with Gasteiger partial charge in [-0.25, -0.2) is 24.3 Å². The summed E-state index contributed by atoms with van der Waals surface area (Å²) < 4.78 is 51.5. The number of nitrogens with zero attached hydrogens (tertiary/aromatic N) is 7. The Bertz CT molecular complexity index is 1570. The molecule has 0 spiro atoms. The van der Waals surface area contributed by atoms with Gasteiger partial charge in [0.05, 0.1) is 22.4 Å². The van der Waals surface area contributed by atoms with Gasteiger partial charge in [-0.05, 0) is 37.3 Å². The molecule has 0 saturated carbocycles. The molecule has 0 bridgehead atoms. The minimum atomic E-state index is -3.13. The van der Waals surface area contributed by atoms with Crippen molar-refractivity contribution >= 4 is 34.0 Å². The summed E-state index contributed by atoms with van der Waals surface area (Å²) in [6.45, 7) is -1.37. The van der Waals surface area contributed by atoms with Crippen LogP contribution in [0.3, 0.4) is 0 Å². The normalized spacial score (nSPS) is 12.2. The minimum absolute atomic E-state index is 0.214. The first-order chi connectivity index (χ1) is 17.8. The third-order valence-corrected chi connectivity index (χ3v) is 5.89. The molecule has 188 valence electrons. The van der Waals surface area contributed by atoms with Crippen LogP contribution in [0.1, 0.15) is 18.9 Å². The summed E-state index contributed by atoms with van der Waals surface area (Å²) in [5.74, 6) is -0.446. The van der Waals surface area contributed by atoms with E-state index in [9.17, 15) is 13.2 Å². The van der Waals surface area contributed by atoms with Gasteiger partial charge in [0.1, 0.15) is 17.9 Å². The molecule has 0 saturated heterocycles. The zero-order chi connectivity index (χ0) is 26.1. The highest BCUT2D eigenvalue weighted by atomic mass is 35.5. The lowest BCUT2D eigenvalue weighted by Gasteiger charge is -2.25. The van der Waals surface area contributed by atoms with Crippen molar-refractivity contribution in [1.82, 2.24) is 29.7 Å². The van der Waals surface area contributed by atoms with E-state index >= 15 is 0 Å². The molecule has 0 radical (unpaired) electrons. The van der Waals surface area contributed by atoms with Crippen molar-refractivity contribution in [3.05, 3.63) is 84.2 Å². The van der Waals surface area contributed by atoms with Crippen molar-refractivity contribution in [3.63, 3.8) is 0 Å². The summed E-state index contributed by atoms with van der Waals surface area (Å²) in [5, 5.41) is 4.14. The Balaban J connectivity index is 1.71. The Hall–Kier alpha value is -4.25. The summed E-state index contributed by atoms with van der Waals surface area (Å²) >= 11 is 5.88. The number of fused-ring (bicyclic) bond motifs is 1. The second-order valence-electron chi connectivity index (χ2n) is 8.05. The number of anilines is 2. The van der Waals surface area contributed by atoms with Crippen LogP contribution in [0.15, 0.2) is 67.5 Å². The maximum Gasteiger partial charge on any atom is 0.320 e. The average Bonchev–Trinajstić information content (AvgIpc) is 3.33. The molecular weight excluding hydrogens is 507 g/mol. The first-order valence-corrected chi connectivity index (χ1v) is 11.4. The largest absolute Gasteiger partial charge is 0.482 e. The van der Waals surface area contributed by atoms with Gasteiger partial charge in [0.15, 0.2) is 17.7 Å². The highest BCUT2D eigenvalue weighted by molar-refractivity contribution is 6.31. The molecule has 0 aliphatic carbocycles. The molecule has 0 aliphatic rings. The molecule has 0 amide bonds. The van der Waals surface area contributed by atoms with E-state index < -0.39 is 24.2 Å². The SMILES string of the molecule is C[C@H](Oc1cc2c(N(c3cccc(Cl)c3F)C(F)F)ncnc2cc1-c1cnn(C)c1)c1ncccn1. The number of halogens is 4. The predicted molar refractivity (Wildman–Crippen MR) is 132 cm³/mol. The molecule has 3 heterocycles. The molecule has 3 aromatic heterocycles. The van der Waals surface area contributed by atoms with Crippen molar-refractivity contribution in [2.75, 3.05) is 4.90 Å². The van der Waals surface area contributed by atoms with E-state index in [0.29, 0.717) is 33.1 Å². The van der Waals surface area contributed by atoms with E-state index in [-0.39, 0.29) is 16.2 Å². The summed E-state index contributed by atoms with van der Waals surface area (Å²) in [4.78, 5) is 17.3. The molecule has 5 rings (SSSR count). The quantitative estimate of drug-likeness (QED) is 0.237. The Morgan fingerprint density at radius 1 is 1.05 bits per heavy atom. The van der Waals surface area contributed by atoms with E-state index in [0.717, 1.165) is 6.33 Å². The van der Waals surface area contributed by atoms with Crippen LogP contribution in [0.2, 0.25) is 5.02 Å². The molecule has 0 unspecified atom stereocenters. The average molecular weight is 526 g/mol. The zero-order valence-electron chi connectivity index (χ0n) is 19.6. The third kappa shape index (κ3) is 4.77. The number of aromatic nitrogens is 6. The molecule has 0 N–H and O–H groups in total. The van der Waals surface area contributed by atoms with Crippen LogP contribution in [0.5, 0.6) is 5.75 Å². The molecule has 0 fully saturated rings. The lowest BCUT2D eigenvalue weighted by atomic mass is 10.0. The molecular formula is C25H19ClF3N7O. The highest BCUT2D eigenvalue weighted by Gasteiger charge is 2.27. The Kier molecular flexibility index (Phi) is 6.62. The van der Waals surface area contributed by atoms with Crippen LogP contribution in [-0.2, 0) is 7.05 Å². The topological polar surface area (TPSA) is 81.9 Å². The van der Waals surface area contributed by atoms with E-state index in [2.05, 4.69) is 25.0 Å². The molecule has 2 aromatic carbocycles. The van der Waals surface area contributed by atoms with Crippen LogP contribution in [0.4, 0.5) is 24.7 Å². The number of hydrogen-bond acceptors (Lipinski definition) is 7. The number of aryl methyl sites for hydroxylation is 1. The molecule has 37 heavy (non-hydrogen) atoms. The maximum absolute atomic E-state index is 14.8. The lowest BCUT2D eigenvalue weighted by Crippen LogP contribution is -2.25. The van der Waals surface area contributed by atoms with Gasteiger partial charge in [-0.2, -0.15) is 13.9 Å². The van der Waals surface area contributed by atoms with Crippen LogP contribution in [0, 0.1) is 5.82 Å². The van der Waals surface area contributed by atoms with Crippen molar-refractivity contribution < 1.29 is 17.9 Å². The monoisotopic (exact) mass is 525 g/mol. The second-order valence-corrected chi connectivity index (χ2v) is 8.46. The Morgan fingerprint density at radius 3 is 2.54 bits per heavy atom. The van der Waals surface area contributed by atoms with Crippen molar-refractivity contribution in [2.24, 2.45) is 7.05 Å². The number of alkyl halides is 2. The van der Waals surface area contributed by atoms with Gasteiger partial charge in [0, 0.05) is 42.2 Å². The minimum Gasteiger partial charge on any atom is -0.482 e. The molecule has 1 atom stereocenters. The Labute approximate surface area is 214 Å². The summed E-state index contributed by atoms with van der Waals surface area (Å²) in [5.41, 5.74) is 1.25. The van der Waals surface area contributed by atoms with Crippen LogP contribution in [0.25, 0.3) is 22.0 Å². The third-order valence-electron chi connectivity index (χ3n) is 5.60. The van der Waals surface area contributed by atoms with Crippen LogP contribution >= 0.6 is 11.6 Å². The molecule has 12 heteroatoms. The van der Waals surface area contributed by atoms with Gasteiger partial charge in [-0.15, -0.1) is 0 Å². The Morgan fingerprint density at radius 2 is 1.84 bits per heavy atom. The van der Waals surface area contributed by atoms with E-state index in [1.165, 1.54) is 18.2 Å². The number of benzene rings is 2. The van der Waals surface area contributed by atoms with E-state index in [1.807, 2.05) is 0 Å². The highest BCUT2D eigenvalue weighted by Crippen LogP contribution is 2.41. The lowest BCUT2D eigenvalue weighted by molar-refractivity contribution is 0.154. The smallest absolute Gasteiger partial charge is 0.320 e. The first kappa shape index (κ1) is 24.4. The van der Waals surface area contributed by atoms with Gasteiger partial charge in [0.2, 0.25) is 0 Å². The van der Waals surface area contributed by atoms with Crippen LogP contribution < -0.4 is 9.64 Å². The van der Waals surface area contributed by atoms with E-state index in [1.54, 1.807) is 61.6 Å². The number of ether oxygens (including phenoxy) is 1. The van der Waals surface area contributed by atoms with Gasteiger partial charge in [0.25, 0.3) is 0 Å². The zero-order valence-corrected chi connectivity index (χ0v) is 20.3. The second kappa shape index (κ2) is 10.0. The molecule has 8 nitrogen and oxygen atoms in total. The molecule has 0 aliphatic heterocycles. The van der Waals surface area contributed by atoms with Gasteiger partial charge in [-0.3, -0.25) is 9.58 Å². The van der Waals surface area contributed by atoms with Gasteiger partial charge >= 0.3 is 6.55 Å². The summed E-state index contributed by atoms with van der Waals surface area (Å²) in [6, 6.07) is 8.79. The van der Waals surface area contributed by atoms with Gasteiger partial charge < -0.3 is 4.74 Å². The van der Waals surface area contributed by atoms with Gasteiger partial charge in [-0.1, -0.05) is 17.7 Å². The fraction of sp³-hybridized carbons (Fsp3) is 0.160. The standard InChI is InChI=1S/C25H19ClF3N7O/c1-14(23-30-7-4-8-31-23)37-21-10-17-19(9-16(21)15-11-34-35(2)12-15)32-13-33-24(17)36(25(28)29)20-6-3-5-18(26)22(20)27/h3-14,25H,1-2H3/t14-/m0/s1. The number of rotatable bonds is 7. The van der Waals surface area contributed by atoms with Crippen molar-refractivity contribution in [2.45, 2.75) is 19.6 Å². The van der Waals surface area contributed by atoms with Crippen molar-refractivity contribution in [3.8, 4) is 16.9 Å². The first-order valence-electron chi connectivity index (χ1n) is 11.1. The molecule has 5 aromatic rings. The number of hydrogen-bond donors (Lipinski definition) is 0. The van der Waals surface area contributed by atoms with Crippen LogP contribution in [-0.4, -0.2) is 36.3 Å². The maximum atomic E-state index is 14.8. The van der Waals surface area contributed by atoms with Crippen molar-refractivity contribution in [1.29, 1.82) is 0 Å². The summed E-state index contributed by atoms with van der Waals surface area (Å²) in [7, 11) is 1.77. The predicted octanol–water partition coefficient (Wildman–Crippen LogP) is 6.11. The fourth-order valence-electron chi connectivity index (χ4n) is 3.90.